The van der Waals surface area contributed by atoms with Gasteiger partial charge in [0.2, 0.25) is 11.8 Å². The molecule has 2 aromatic carbocycles. The number of hydrogen-bond acceptors (Lipinski definition) is 7. The number of thiazole rings is 1. The highest BCUT2D eigenvalue weighted by Gasteiger charge is 2.26. The number of amides is 2. The molecule has 1 fully saturated rings. The van der Waals surface area contributed by atoms with E-state index in [-0.39, 0.29) is 22.6 Å². The molecular formula is C24H28N4O4S2. The first kappa shape index (κ1) is 24.3. The number of aromatic nitrogens is 1. The third kappa shape index (κ3) is 5.81. The average molecular weight is 501 g/mol. The maximum absolute atomic E-state index is 12.8. The first-order valence-electron chi connectivity index (χ1n) is 11.1. The molecule has 4 rings (SSSR count). The Kier molecular flexibility index (Phi) is 7.01. The summed E-state index contributed by atoms with van der Waals surface area (Å²) >= 11 is 1.26. The number of sulfone groups is 1. The smallest absolute Gasteiger partial charge is 0.238 e. The second kappa shape index (κ2) is 9.81. The Balaban J connectivity index is 1.29. The van der Waals surface area contributed by atoms with Crippen molar-refractivity contribution in [2.45, 2.75) is 31.6 Å². The van der Waals surface area contributed by atoms with E-state index in [1.54, 1.807) is 12.1 Å². The summed E-state index contributed by atoms with van der Waals surface area (Å²) in [4.78, 5) is 31.9. The van der Waals surface area contributed by atoms with Crippen molar-refractivity contribution in [2.75, 3.05) is 36.5 Å². The lowest BCUT2D eigenvalue weighted by Gasteiger charge is -2.30. The Morgan fingerprint density at radius 2 is 1.82 bits per heavy atom. The molecule has 1 aliphatic heterocycles. The Hall–Kier alpha value is -2.82. The fourth-order valence-electron chi connectivity index (χ4n) is 4.10. The van der Waals surface area contributed by atoms with Crippen molar-refractivity contribution < 1.29 is 18.0 Å². The molecule has 0 bridgehead atoms. The number of nitrogens with one attached hydrogen (secondary N) is 2. The number of likely N-dealkylation sites (tertiary alicyclic amines) is 1. The minimum atomic E-state index is -3.30. The molecule has 2 amide bonds. The Morgan fingerprint density at radius 3 is 2.50 bits per heavy atom. The zero-order valence-corrected chi connectivity index (χ0v) is 21.1. The van der Waals surface area contributed by atoms with Gasteiger partial charge in [-0.1, -0.05) is 29.0 Å². The van der Waals surface area contributed by atoms with Crippen LogP contribution in [0.4, 0.5) is 10.8 Å². The molecule has 8 nitrogen and oxygen atoms in total. The highest BCUT2D eigenvalue weighted by molar-refractivity contribution is 7.90. The maximum atomic E-state index is 12.8. The summed E-state index contributed by atoms with van der Waals surface area (Å²) in [6.45, 7) is 5.61. The number of carbonyl (C=O) groups excluding carboxylic acids is 2. The molecule has 0 atom stereocenters. The molecular weight excluding hydrogens is 472 g/mol. The Bertz CT molecular complexity index is 1340. The number of nitrogens with zero attached hydrogens (tertiary/aromatic N) is 2. The number of piperidine rings is 1. The molecule has 2 N–H and O–H groups in total. The van der Waals surface area contributed by atoms with Gasteiger partial charge in [0.05, 0.1) is 21.7 Å². The fraction of sp³-hybridized carbons (Fsp3) is 0.375. The maximum Gasteiger partial charge on any atom is 0.238 e. The van der Waals surface area contributed by atoms with Crippen molar-refractivity contribution in [2.24, 2.45) is 5.92 Å². The van der Waals surface area contributed by atoms with E-state index in [1.807, 2.05) is 32.0 Å². The lowest BCUT2D eigenvalue weighted by atomic mass is 9.96. The summed E-state index contributed by atoms with van der Waals surface area (Å²) in [5.41, 5.74) is 3.66. The Morgan fingerprint density at radius 1 is 1.09 bits per heavy atom. The molecule has 34 heavy (non-hydrogen) atoms. The van der Waals surface area contributed by atoms with Crippen LogP contribution in [0.3, 0.4) is 0 Å². The average Bonchev–Trinajstić information content (AvgIpc) is 3.17. The van der Waals surface area contributed by atoms with Gasteiger partial charge in [-0.25, -0.2) is 13.4 Å². The normalized spacial score (nSPS) is 15.4. The molecule has 0 spiro atoms. The van der Waals surface area contributed by atoms with Crippen LogP contribution in [0.5, 0.6) is 0 Å². The zero-order chi connectivity index (χ0) is 24.5. The van der Waals surface area contributed by atoms with Crippen molar-refractivity contribution in [3.05, 3.63) is 47.5 Å². The highest BCUT2D eigenvalue weighted by atomic mass is 32.2. The van der Waals surface area contributed by atoms with Gasteiger partial charge in [0.25, 0.3) is 0 Å². The van der Waals surface area contributed by atoms with Crippen LogP contribution in [0.2, 0.25) is 0 Å². The third-order valence-corrected chi connectivity index (χ3v) is 8.04. The van der Waals surface area contributed by atoms with Gasteiger partial charge in [0, 0.05) is 17.9 Å². The van der Waals surface area contributed by atoms with E-state index in [1.165, 1.54) is 17.4 Å². The molecule has 10 heteroatoms. The minimum absolute atomic E-state index is 0.0576. The van der Waals surface area contributed by atoms with Crippen LogP contribution in [-0.4, -0.2) is 56.0 Å². The van der Waals surface area contributed by atoms with Crippen molar-refractivity contribution >= 4 is 54.0 Å². The van der Waals surface area contributed by atoms with Crippen LogP contribution in [0, 0.1) is 19.8 Å². The number of rotatable bonds is 6. The standard InChI is InChI=1S/C24H28N4O4S2/c1-15-4-6-19(16(2)12-15)25-22(29)14-28-10-8-17(9-11-28)23(30)27-24-26-20-7-5-18(34(3,31)32)13-21(20)33-24/h4-7,12-13,17H,8-11,14H2,1-3H3,(H,25,29)(H,26,27,30). The second-order valence-corrected chi connectivity index (χ2v) is 11.9. The topological polar surface area (TPSA) is 108 Å². The lowest BCUT2D eigenvalue weighted by molar-refractivity contribution is -0.121. The fourth-order valence-corrected chi connectivity index (χ4v) is 5.73. The van der Waals surface area contributed by atoms with Crippen molar-refractivity contribution in [3.63, 3.8) is 0 Å². The number of carbonyl (C=O) groups is 2. The monoisotopic (exact) mass is 500 g/mol. The van der Waals surface area contributed by atoms with Gasteiger partial charge in [0.1, 0.15) is 0 Å². The van der Waals surface area contributed by atoms with E-state index in [9.17, 15) is 18.0 Å². The molecule has 0 radical (unpaired) electrons. The number of fused-ring (bicyclic) bond motifs is 1. The van der Waals surface area contributed by atoms with Gasteiger partial charge in [-0.2, -0.15) is 0 Å². The molecule has 1 aromatic heterocycles. The summed E-state index contributed by atoms with van der Waals surface area (Å²) in [7, 11) is -3.30. The molecule has 0 unspecified atom stereocenters. The van der Waals surface area contributed by atoms with Gasteiger partial charge in [0.15, 0.2) is 15.0 Å². The molecule has 0 saturated carbocycles. The van der Waals surface area contributed by atoms with Crippen LogP contribution in [0.25, 0.3) is 10.2 Å². The van der Waals surface area contributed by atoms with Gasteiger partial charge in [-0.3, -0.25) is 14.5 Å². The first-order valence-corrected chi connectivity index (χ1v) is 13.8. The van der Waals surface area contributed by atoms with Gasteiger partial charge < -0.3 is 10.6 Å². The second-order valence-electron chi connectivity index (χ2n) is 8.83. The van der Waals surface area contributed by atoms with Crippen molar-refractivity contribution in [1.82, 2.24) is 9.88 Å². The number of benzene rings is 2. The van der Waals surface area contributed by atoms with E-state index in [4.69, 9.17) is 0 Å². The number of hydrogen-bond donors (Lipinski definition) is 2. The molecule has 3 aromatic rings. The third-order valence-electron chi connectivity index (χ3n) is 6.00. The van der Waals surface area contributed by atoms with Crippen LogP contribution >= 0.6 is 11.3 Å². The first-order chi connectivity index (χ1) is 16.1. The van der Waals surface area contributed by atoms with Crippen molar-refractivity contribution in [1.29, 1.82) is 0 Å². The lowest BCUT2D eigenvalue weighted by Crippen LogP contribution is -2.41. The SMILES string of the molecule is Cc1ccc(NC(=O)CN2CCC(C(=O)Nc3nc4ccc(S(C)(=O)=O)cc4s3)CC2)c(C)c1. The van der Waals surface area contributed by atoms with Crippen LogP contribution in [0.1, 0.15) is 24.0 Å². The largest absolute Gasteiger partial charge is 0.325 e. The van der Waals surface area contributed by atoms with E-state index in [0.29, 0.717) is 47.8 Å². The van der Waals surface area contributed by atoms with Gasteiger partial charge in [-0.05, 0) is 69.6 Å². The van der Waals surface area contributed by atoms with Crippen LogP contribution in [-0.2, 0) is 19.4 Å². The van der Waals surface area contributed by atoms with E-state index < -0.39 is 9.84 Å². The highest BCUT2D eigenvalue weighted by Crippen LogP contribution is 2.29. The molecule has 1 aliphatic rings. The van der Waals surface area contributed by atoms with E-state index >= 15 is 0 Å². The summed E-state index contributed by atoms with van der Waals surface area (Å²) in [6.07, 6.45) is 2.48. The summed E-state index contributed by atoms with van der Waals surface area (Å²) in [6, 6.07) is 10.7. The summed E-state index contributed by atoms with van der Waals surface area (Å²) in [5.74, 6) is -0.309. The van der Waals surface area contributed by atoms with E-state index in [0.717, 1.165) is 23.1 Å². The summed E-state index contributed by atoms with van der Waals surface area (Å²) < 4.78 is 24.2. The number of anilines is 2. The van der Waals surface area contributed by atoms with Crippen molar-refractivity contribution in [3.8, 4) is 0 Å². The zero-order valence-electron chi connectivity index (χ0n) is 19.4. The summed E-state index contributed by atoms with van der Waals surface area (Å²) in [5, 5.41) is 6.31. The minimum Gasteiger partial charge on any atom is -0.325 e. The molecule has 1 saturated heterocycles. The predicted octanol–water partition coefficient (Wildman–Crippen LogP) is 3.61. The molecule has 180 valence electrons. The van der Waals surface area contributed by atoms with E-state index in [2.05, 4.69) is 20.5 Å². The van der Waals surface area contributed by atoms with Crippen LogP contribution < -0.4 is 10.6 Å². The predicted molar refractivity (Wildman–Crippen MR) is 135 cm³/mol. The molecule has 0 aliphatic carbocycles. The quantitative estimate of drug-likeness (QED) is 0.535. The van der Waals surface area contributed by atoms with Gasteiger partial charge >= 0.3 is 0 Å². The van der Waals surface area contributed by atoms with Gasteiger partial charge in [-0.15, -0.1) is 0 Å². The number of aryl methyl sites for hydroxylation is 2. The molecule has 2 heterocycles. The van der Waals surface area contributed by atoms with Crippen LogP contribution in [0.15, 0.2) is 41.3 Å². The Labute approximate surface area is 203 Å².